The second-order valence-corrected chi connectivity index (χ2v) is 19.3. The van der Waals surface area contributed by atoms with Gasteiger partial charge in [-0.2, -0.15) is 0 Å². The van der Waals surface area contributed by atoms with Crippen molar-refractivity contribution >= 4 is 5.97 Å². The molecule has 4 fully saturated rings. The highest BCUT2D eigenvalue weighted by Gasteiger charge is 2.69. The van der Waals surface area contributed by atoms with Gasteiger partial charge in [-0.05, 0) is 158 Å². The first kappa shape index (κ1) is 34.6. The molecular formula is C45H67NO2. The molecule has 0 saturated heterocycles. The SMILES string of the molecule is CC(C)CCN[C@]12CCC[C@@H]1[C@H]1CCC3[C@@]4(C)CC=C(C5=CC[C@H](C(=O)OCc6ccccc6)CC5)C(C)(C)C4CC[C@@]3(C)[C@]1(C)CC2. The topological polar surface area (TPSA) is 38.3 Å². The van der Waals surface area contributed by atoms with E-state index in [0.717, 1.165) is 48.5 Å². The van der Waals surface area contributed by atoms with Crippen LogP contribution in [0.2, 0.25) is 0 Å². The summed E-state index contributed by atoms with van der Waals surface area (Å²) in [6.45, 7) is 19.8. The largest absolute Gasteiger partial charge is 0.461 e. The summed E-state index contributed by atoms with van der Waals surface area (Å²) < 4.78 is 5.75. The Hall–Kier alpha value is -1.87. The van der Waals surface area contributed by atoms with Crippen LogP contribution in [0, 0.1) is 57.2 Å². The Kier molecular flexibility index (Phi) is 9.16. The first-order valence-corrected chi connectivity index (χ1v) is 20.2. The molecule has 9 atom stereocenters. The predicted molar refractivity (Wildman–Crippen MR) is 198 cm³/mol. The lowest BCUT2D eigenvalue weighted by molar-refractivity contribution is -0.218. The summed E-state index contributed by atoms with van der Waals surface area (Å²) in [4.78, 5) is 13.0. The van der Waals surface area contributed by atoms with E-state index in [1.54, 1.807) is 5.57 Å². The van der Waals surface area contributed by atoms with Gasteiger partial charge in [-0.15, -0.1) is 0 Å². The second kappa shape index (κ2) is 12.7. The number of esters is 1. The van der Waals surface area contributed by atoms with Gasteiger partial charge in [0.05, 0.1) is 5.92 Å². The van der Waals surface area contributed by atoms with Crippen LogP contribution in [-0.2, 0) is 16.1 Å². The Morgan fingerprint density at radius 3 is 2.38 bits per heavy atom. The molecule has 264 valence electrons. The number of allylic oxidation sites excluding steroid dienone is 4. The number of ether oxygens (including phenoxy) is 1. The zero-order valence-electron chi connectivity index (χ0n) is 31.6. The zero-order valence-corrected chi connectivity index (χ0v) is 31.6. The second-order valence-electron chi connectivity index (χ2n) is 19.3. The molecule has 0 aliphatic heterocycles. The lowest BCUT2D eigenvalue weighted by atomic mass is 9.33. The van der Waals surface area contributed by atoms with E-state index in [-0.39, 0.29) is 17.3 Å². The van der Waals surface area contributed by atoms with Crippen LogP contribution in [0.3, 0.4) is 0 Å². The minimum Gasteiger partial charge on any atom is -0.461 e. The third-order valence-electron chi connectivity index (χ3n) is 16.5. The molecule has 3 heteroatoms. The molecular weight excluding hydrogens is 587 g/mol. The number of rotatable bonds is 8. The minimum atomic E-state index is -0.0295. The monoisotopic (exact) mass is 654 g/mol. The maximum absolute atomic E-state index is 13.0. The highest BCUT2D eigenvalue weighted by Crippen LogP contribution is 2.76. The fraction of sp³-hybridized carbons (Fsp3) is 0.756. The molecule has 0 spiro atoms. The van der Waals surface area contributed by atoms with Gasteiger partial charge >= 0.3 is 5.97 Å². The normalized spacial score (nSPS) is 41.7. The van der Waals surface area contributed by atoms with Crippen LogP contribution >= 0.6 is 0 Å². The Balaban J connectivity index is 1.07. The molecule has 4 saturated carbocycles. The van der Waals surface area contributed by atoms with Gasteiger partial charge in [0, 0.05) is 5.54 Å². The van der Waals surface area contributed by atoms with Crippen LogP contribution in [0.15, 0.2) is 53.6 Å². The number of benzene rings is 1. The van der Waals surface area contributed by atoms with Gasteiger partial charge in [-0.3, -0.25) is 4.79 Å². The van der Waals surface area contributed by atoms with E-state index in [1.807, 2.05) is 30.3 Å². The van der Waals surface area contributed by atoms with E-state index in [0.29, 0.717) is 34.3 Å². The molecule has 2 unspecified atom stereocenters. The van der Waals surface area contributed by atoms with Crippen LogP contribution in [0.25, 0.3) is 0 Å². The van der Waals surface area contributed by atoms with Crippen LogP contribution in [0.4, 0.5) is 0 Å². The van der Waals surface area contributed by atoms with Crippen molar-refractivity contribution in [1.29, 1.82) is 0 Å². The number of hydrogen-bond donors (Lipinski definition) is 1. The number of fused-ring (bicyclic) bond motifs is 7. The van der Waals surface area contributed by atoms with Gasteiger partial charge in [-0.25, -0.2) is 0 Å². The van der Waals surface area contributed by atoms with E-state index in [4.69, 9.17) is 4.74 Å². The predicted octanol–water partition coefficient (Wildman–Crippen LogP) is 11.2. The van der Waals surface area contributed by atoms with Gasteiger partial charge in [0.25, 0.3) is 0 Å². The maximum Gasteiger partial charge on any atom is 0.309 e. The van der Waals surface area contributed by atoms with Crippen LogP contribution in [0.5, 0.6) is 0 Å². The van der Waals surface area contributed by atoms with Gasteiger partial charge in [0.15, 0.2) is 0 Å². The number of carbonyl (C=O) groups is 1. The lowest BCUT2D eigenvalue weighted by Crippen LogP contribution is -2.67. The summed E-state index contributed by atoms with van der Waals surface area (Å²) in [7, 11) is 0. The summed E-state index contributed by atoms with van der Waals surface area (Å²) in [5.74, 6) is 4.00. The van der Waals surface area contributed by atoms with Crippen LogP contribution in [-0.4, -0.2) is 18.1 Å². The van der Waals surface area contributed by atoms with Crippen molar-refractivity contribution < 1.29 is 9.53 Å². The summed E-state index contributed by atoms with van der Waals surface area (Å²) in [5.41, 5.74) is 5.99. The average Bonchev–Trinajstić information content (AvgIpc) is 3.48. The van der Waals surface area contributed by atoms with Crippen molar-refractivity contribution in [2.45, 2.75) is 151 Å². The molecule has 1 N–H and O–H groups in total. The fourth-order valence-corrected chi connectivity index (χ4v) is 13.8. The summed E-state index contributed by atoms with van der Waals surface area (Å²) in [6.07, 6.45) is 23.1. The van der Waals surface area contributed by atoms with Crippen LogP contribution in [0.1, 0.15) is 144 Å². The first-order chi connectivity index (χ1) is 22.8. The molecule has 0 bridgehead atoms. The van der Waals surface area contributed by atoms with Crippen molar-refractivity contribution in [2.75, 3.05) is 6.54 Å². The molecule has 7 rings (SSSR count). The highest BCUT2D eigenvalue weighted by atomic mass is 16.5. The van der Waals surface area contributed by atoms with E-state index in [2.05, 4.69) is 65.9 Å². The van der Waals surface area contributed by atoms with Gasteiger partial charge in [0.1, 0.15) is 6.61 Å². The Bertz CT molecular complexity index is 1410. The van der Waals surface area contributed by atoms with Crippen molar-refractivity contribution in [2.24, 2.45) is 57.2 Å². The van der Waals surface area contributed by atoms with Crippen LogP contribution < -0.4 is 5.32 Å². The first-order valence-electron chi connectivity index (χ1n) is 20.2. The molecule has 0 heterocycles. The summed E-state index contributed by atoms with van der Waals surface area (Å²) >= 11 is 0. The summed E-state index contributed by atoms with van der Waals surface area (Å²) in [6, 6.07) is 10.1. The molecule has 0 radical (unpaired) electrons. The van der Waals surface area contributed by atoms with Gasteiger partial charge in [0.2, 0.25) is 0 Å². The molecule has 0 amide bonds. The lowest BCUT2D eigenvalue weighted by Gasteiger charge is -2.72. The smallest absolute Gasteiger partial charge is 0.309 e. The van der Waals surface area contributed by atoms with Gasteiger partial charge < -0.3 is 10.1 Å². The van der Waals surface area contributed by atoms with E-state index in [1.165, 1.54) is 82.7 Å². The molecule has 0 aromatic heterocycles. The van der Waals surface area contributed by atoms with Gasteiger partial charge in [-0.1, -0.05) is 97.4 Å². The minimum absolute atomic E-state index is 0.0131. The third kappa shape index (κ3) is 5.50. The molecule has 1 aromatic carbocycles. The highest BCUT2D eigenvalue weighted by molar-refractivity contribution is 5.73. The fourth-order valence-electron chi connectivity index (χ4n) is 13.8. The van der Waals surface area contributed by atoms with Crippen molar-refractivity contribution in [3.63, 3.8) is 0 Å². The maximum atomic E-state index is 13.0. The Morgan fingerprint density at radius 2 is 1.65 bits per heavy atom. The van der Waals surface area contributed by atoms with Crippen molar-refractivity contribution in [3.8, 4) is 0 Å². The third-order valence-corrected chi connectivity index (χ3v) is 16.5. The van der Waals surface area contributed by atoms with E-state index >= 15 is 0 Å². The molecule has 48 heavy (non-hydrogen) atoms. The number of nitrogens with one attached hydrogen (secondary N) is 1. The molecule has 3 nitrogen and oxygen atoms in total. The molecule has 6 aliphatic rings. The van der Waals surface area contributed by atoms with Crippen molar-refractivity contribution in [3.05, 3.63) is 59.2 Å². The Morgan fingerprint density at radius 1 is 0.854 bits per heavy atom. The number of hydrogen-bond acceptors (Lipinski definition) is 3. The summed E-state index contributed by atoms with van der Waals surface area (Å²) in [5, 5.41) is 4.25. The number of carbonyl (C=O) groups excluding carboxylic acids is 1. The zero-order chi connectivity index (χ0) is 34.0. The van der Waals surface area contributed by atoms with Crippen molar-refractivity contribution in [1.82, 2.24) is 5.32 Å². The molecule has 1 aromatic rings. The quantitative estimate of drug-likeness (QED) is 0.284. The van der Waals surface area contributed by atoms with E-state index < -0.39 is 0 Å². The Labute approximate surface area is 293 Å². The molecule has 6 aliphatic carbocycles. The standard InChI is InChI=1S/C45H67NO2/c1-31(2)23-29-46-45-24-11-14-37(45)36-19-20-39-42(5)25-21-35(41(3,4)38(42)22-26-44(39,7)43(36,6)27-28-45)33-15-17-34(18-16-33)40(47)48-30-32-12-9-8-10-13-32/h8-10,12-13,15,21,31,34,36-39,46H,11,14,16-20,22-30H2,1-7H3/t34-,36+,37+,38?,39?,42-,43+,44+,45-/m0/s1. The van der Waals surface area contributed by atoms with E-state index in [9.17, 15) is 4.79 Å². The average molecular weight is 654 g/mol.